The van der Waals surface area contributed by atoms with Gasteiger partial charge in [-0.2, -0.15) is 4.31 Å². The number of ether oxygens (including phenoxy) is 1. The Balaban J connectivity index is 1.47. The molecule has 1 N–H and O–H groups in total. The first-order valence-corrected chi connectivity index (χ1v) is 12.4. The summed E-state index contributed by atoms with van der Waals surface area (Å²) in [6.45, 7) is 1.58. The number of rotatable bonds is 8. The minimum atomic E-state index is -3.87. The number of hydrogen-bond donors (Lipinski definition) is 1. The zero-order valence-electron chi connectivity index (χ0n) is 19.1. The predicted octanol–water partition coefficient (Wildman–Crippen LogP) is 3.87. The number of sulfonamides is 1. The minimum Gasteiger partial charge on any atom is -0.494 e. The molecule has 0 atom stereocenters. The molecular weight excluding hydrogens is 475 g/mol. The van der Waals surface area contributed by atoms with Crippen molar-refractivity contribution in [3.8, 4) is 5.75 Å². The van der Waals surface area contributed by atoms with Crippen LogP contribution in [0.3, 0.4) is 0 Å². The maximum atomic E-state index is 14.1. The van der Waals surface area contributed by atoms with E-state index in [9.17, 15) is 22.9 Å². The molecule has 1 saturated heterocycles. The van der Waals surface area contributed by atoms with Gasteiger partial charge >= 0.3 is 0 Å². The minimum absolute atomic E-state index is 0.0244. The number of methoxy groups -OCH3 is 1. The fourth-order valence-electron chi connectivity index (χ4n) is 3.96. The van der Waals surface area contributed by atoms with Crippen LogP contribution in [0.5, 0.6) is 5.75 Å². The number of nitrogens with one attached hydrogen (secondary N) is 1. The van der Waals surface area contributed by atoms with Crippen LogP contribution in [0.2, 0.25) is 0 Å². The second-order valence-corrected chi connectivity index (χ2v) is 9.92. The Labute approximate surface area is 202 Å². The molecule has 1 aliphatic heterocycles. The third kappa shape index (κ3) is 5.36. The first-order chi connectivity index (χ1) is 16.8. The van der Waals surface area contributed by atoms with Crippen LogP contribution in [0.15, 0.2) is 71.6 Å². The molecule has 1 fully saturated rings. The highest BCUT2D eigenvalue weighted by Gasteiger charge is 2.30. The summed E-state index contributed by atoms with van der Waals surface area (Å²) >= 11 is 0. The van der Waals surface area contributed by atoms with Gasteiger partial charge in [0.1, 0.15) is 5.69 Å². The highest BCUT2D eigenvalue weighted by Crippen LogP contribution is 2.31. The zero-order valence-corrected chi connectivity index (χ0v) is 19.9. The molecule has 0 saturated carbocycles. The van der Waals surface area contributed by atoms with Crippen LogP contribution in [0, 0.1) is 15.9 Å². The number of anilines is 2. The molecule has 0 aromatic heterocycles. The lowest BCUT2D eigenvalue weighted by molar-refractivity contribution is -0.384. The van der Waals surface area contributed by atoms with Gasteiger partial charge in [-0.25, -0.2) is 12.8 Å². The van der Waals surface area contributed by atoms with E-state index in [0.717, 1.165) is 17.3 Å². The van der Waals surface area contributed by atoms with Gasteiger partial charge in [0.2, 0.25) is 10.0 Å². The highest BCUT2D eigenvalue weighted by molar-refractivity contribution is 7.89. The maximum Gasteiger partial charge on any atom is 0.292 e. The van der Waals surface area contributed by atoms with Gasteiger partial charge in [0.05, 0.1) is 16.9 Å². The molecular formula is C24H25FN4O5S. The van der Waals surface area contributed by atoms with E-state index in [1.165, 1.54) is 29.6 Å². The summed E-state index contributed by atoms with van der Waals surface area (Å²) in [4.78, 5) is 12.9. The third-order valence-electron chi connectivity index (χ3n) is 5.87. The van der Waals surface area contributed by atoms with Crippen molar-refractivity contribution in [2.45, 2.75) is 11.4 Å². The molecule has 0 amide bonds. The Morgan fingerprint density at radius 2 is 1.74 bits per heavy atom. The fraction of sp³-hybridized carbons (Fsp3) is 0.250. The van der Waals surface area contributed by atoms with Gasteiger partial charge in [0.15, 0.2) is 11.6 Å². The normalized spacial score (nSPS) is 14.5. The van der Waals surface area contributed by atoms with E-state index in [2.05, 4.69) is 5.32 Å². The zero-order chi connectivity index (χ0) is 25.0. The predicted molar refractivity (Wildman–Crippen MR) is 131 cm³/mol. The number of nitrogens with zero attached hydrogens (tertiary/aromatic N) is 3. The van der Waals surface area contributed by atoms with Crippen molar-refractivity contribution in [2.24, 2.45) is 0 Å². The Morgan fingerprint density at radius 3 is 2.37 bits per heavy atom. The number of nitro benzene ring substituents is 1. The summed E-state index contributed by atoms with van der Waals surface area (Å²) < 4.78 is 46.2. The van der Waals surface area contributed by atoms with Crippen LogP contribution in [0.25, 0.3) is 0 Å². The van der Waals surface area contributed by atoms with Crippen molar-refractivity contribution < 1.29 is 22.5 Å². The smallest absolute Gasteiger partial charge is 0.292 e. The Morgan fingerprint density at radius 1 is 1.03 bits per heavy atom. The number of nitro groups is 1. The van der Waals surface area contributed by atoms with Crippen molar-refractivity contribution >= 4 is 27.1 Å². The molecule has 11 heteroatoms. The number of hydrogen-bond acceptors (Lipinski definition) is 7. The van der Waals surface area contributed by atoms with Crippen molar-refractivity contribution in [1.29, 1.82) is 0 Å². The van der Waals surface area contributed by atoms with Crippen molar-refractivity contribution in [1.82, 2.24) is 4.31 Å². The lowest BCUT2D eigenvalue weighted by atomic mass is 10.2. The fourth-order valence-corrected chi connectivity index (χ4v) is 5.39. The molecule has 0 radical (unpaired) electrons. The summed E-state index contributed by atoms with van der Waals surface area (Å²) in [6.07, 6.45) is 0. The second-order valence-electron chi connectivity index (χ2n) is 7.99. The van der Waals surface area contributed by atoms with Crippen LogP contribution in [-0.2, 0) is 16.6 Å². The first-order valence-electron chi connectivity index (χ1n) is 10.9. The van der Waals surface area contributed by atoms with Gasteiger partial charge in [-0.15, -0.1) is 0 Å². The number of piperazine rings is 1. The van der Waals surface area contributed by atoms with Gasteiger partial charge in [0, 0.05) is 44.5 Å². The van der Waals surface area contributed by atoms with E-state index in [0.29, 0.717) is 25.3 Å². The van der Waals surface area contributed by atoms with Gasteiger partial charge in [-0.05, 0) is 35.9 Å². The summed E-state index contributed by atoms with van der Waals surface area (Å²) in [5.74, 6) is -0.766. The molecule has 3 aromatic rings. The van der Waals surface area contributed by atoms with Crippen molar-refractivity contribution in [3.05, 3.63) is 88.2 Å². The SMILES string of the molecule is COc1ccc(S(=O)(=O)N2CCN(c3ccc([N+](=O)[O-])c(NCc4ccccc4)c3)CC2)cc1F. The van der Waals surface area contributed by atoms with Crippen LogP contribution in [0.1, 0.15) is 5.56 Å². The van der Waals surface area contributed by atoms with Gasteiger partial charge in [-0.3, -0.25) is 10.1 Å². The van der Waals surface area contributed by atoms with Gasteiger partial charge in [-0.1, -0.05) is 30.3 Å². The van der Waals surface area contributed by atoms with E-state index in [4.69, 9.17) is 4.74 Å². The van der Waals surface area contributed by atoms with E-state index in [-0.39, 0.29) is 29.4 Å². The summed E-state index contributed by atoms with van der Waals surface area (Å²) in [6, 6.07) is 18.0. The van der Waals surface area contributed by atoms with E-state index in [1.54, 1.807) is 12.1 Å². The quantitative estimate of drug-likeness (QED) is 0.370. The van der Waals surface area contributed by atoms with Crippen molar-refractivity contribution in [2.75, 3.05) is 43.5 Å². The largest absolute Gasteiger partial charge is 0.494 e. The molecule has 1 aliphatic rings. The average molecular weight is 501 g/mol. The van der Waals surface area contributed by atoms with Gasteiger partial charge in [0.25, 0.3) is 5.69 Å². The Hall–Kier alpha value is -3.70. The van der Waals surface area contributed by atoms with E-state index >= 15 is 0 Å². The number of halogens is 1. The van der Waals surface area contributed by atoms with Gasteiger partial charge < -0.3 is 15.0 Å². The average Bonchev–Trinajstić information content (AvgIpc) is 2.87. The lowest BCUT2D eigenvalue weighted by Crippen LogP contribution is -2.48. The monoisotopic (exact) mass is 500 g/mol. The molecule has 4 rings (SSSR count). The van der Waals surface area contributed by atoms with Crippen LogP contribution in [-0.4, -0.2) is 50.9 Å². The summed E-state index contributed by atoms with van der Waals surface area (Å²) in [5, 5.41) is 14.7. The molecule has 184 valence electrons. The van der Waals surface area contributed by atoms with Crippen LogP contribution >= 0.6 is 0 Å². The first kappa shape index (κ1) is 24.4. The maximum absolute atomic E-state index is 14.1. The Kier molecular flexibility index (Phi) is 7.17. The molecule has 1 heterocycles. The molecule has 0 bridgehead atoms. The van der Waals surface area contributed by atoms with E-state index in [1.807, 2.05) is 35.2 Å². The van der Waals surface area contributed by atoms with Crippen LogP contribution in [0.4, 0.5) is 21.5 Å². The Bertz CT molecular complexity index is 1310. The van der Waals surface area contributed by atoms with Crippen LogP contribution < -0.4 is 15.0 Å². The second kappa shape index (κ2) is 10.3. The lowest BCUT2D eigenvalue weighted by Gasteiger charge is -2.35. The topological polar surface area (TPSA) is 105 Å². The highest BCUT2D eigenvalue weighted by atomic mass is 32.2. The molecule has 35 heavy (non-hydrogen) atoms. The number of benzene rings is 3. The van der Waals surface area contributed by atoms with Crippen molar-refractivity contribution in [3.63, 3.8) is 0 Å². The third-order valence-corrected chi connectivity index (χ3v) is 7.76. The molecule has 0 unspecified atom stereocenters. The molecule has 0 spiro atoms. The summed E-state index contributed by atoms with van der Waals surface area (Å²) in [5.41, 5.74) is 2.09. The molecule has 9 nitrogen and oxygen atoms in total. The standard InChI is InChI=1S/C24H25FN4O5S/c1-34-24-10-8-20(16-21(24)25)35(32,33)28-13-11-27(12-14-28)19-7-9-23(29(30)31)22(15-19)26-17-18-5-3-2-4-6-18/h2-10,15-16,26H,11-14,17H2,1H3. The molecule has 3 aromatic carbocycles. The van der Waals surface area contributed by atoms with E-state index < -0.39 is 20.8 Å². The molecule has 0 aliphatic carbocycles. The summed E-state index contributed by atoms with van der Waals surface area (Å²) in [7, 11) is -2.56.